The number of fused-ring (bicyclic) bond motifs is 1. The van der Waals surface area contributed by atoms with Gasteiger partial charge in [0.15, 0.2) is 5.06 Å². The zero-order valence-corrected chi connectivity index (χ0v) is 9.13. The van der Waals surface area contributed by atoms with Crippen LogP contribution in [0.3, 0.4) is 0 Å². The third kappa shape index (κ3) is 1.36. The number of benzene rings is 1. The van der Waals surface area contributed by atoms with E-state index in [0.717, 1.165) is 15.8 Å². The summed E-state index contributed by atoms with van der Waals surface area (Å²) >= 11 is 4.38. The summed E-state index contributed by atoms with van der Waals surface area (Å²) in [6.07, 6.45) is 0. The Morgan fingerprint density at radius 3 is 2.86 bits per heavy atom. The first kappa shape index (κ1) is 9.42. The minimum absolute atomic E-state index is 0.0137. The molecule has 0 bridgehead atoms. The van der Waals surface area contributed by atoms with E-state index >= 15 is 0 Å². The molecule has 0 unspecified atom stereocenters. The highest BCUT2D eigenvalue weighted by atomic mass is 79.9. The molecule has 2 rings (SSSR count). The topological polar surface area (TPSA) is 63.4 Å². The second-order valence-electron chi connectivity index (χ2n) is 2.65. The lowest BCUT2D eigenvalue weighted by atomic mass is 10.2. The molecule has 0 saturated heterocycles. The highest BCUT2D eigenvalue weighted by Crippen LogP contribution is 2.40. The van der Waals surface area contributed by atoms with Gasteiger partial charge in [-0.2, -0.15) is 0 Å². The van der Waals surface area contributed by atoms with Crippen molar-refractivity contribution in [3.05, 3.63) is 32.8 Å². The maximum atomic E-state index is 10.6. The molecule has 0 aliphatic heterocycles. The second kappa shape index (κ2) is 3.21. The average Bonchev–Trinajstić information content (AvgIpc) is 2.47. The number of hydrogen-bond donors (Lipinski definition) is 1. The summed E-state index contributed by atoms with van der Waals surface area (Å²) in [6.45, 7) is 0. The van der Waals surface area contributed by atoms with E-state index in [1.54, 1.807) is 6.07 Å². The Hall–Kier alpha value is -1.14. The molecular formula is C8H4BrNO3S. The van der Waals surface area contributed by atoms with Gasteiger partial charge in [0.25, 0.3) is 5.69 Å². The van der Waals surface area contributed by atoms with E-state index < -0.39 is 4.92 Å². The Kier molecular flexibility index (Phi) is 2.16. The van der Waals surface area contributed by atoms with Crippen LogP contribution in [0.5, 0.6) is 5.06 Å². The molecule has 72 valence electrons. The molecular weight excluding hydrogens is 270 g/mol. The van der Waals surface area contributed by atoms with Gasteiger partial charge in [0.2, 0.25) is 0 Å². The van der Waals surface area contributed by atoms with Crippen molar-refractivity contribution in [2.45, 2.75) is 0 Å². The Morgan fingerprint density at radius 2 is 2.21 bits per heavy atom. The monoisotopic (exact) mass is 273 g/mol. The van der Waals surface area contributed by atoms with E-state index in [-0.39, 0.29) is 10.8 Å². The molecule has 0 saturated carbocycles. The first-order valence-electron chi connectivity index (χ1n) is 3.65. The highest BCUT2D eigenvalue weighted by Gasteiger charge is 2.16. The smallest absolute Gasteiger partial charge is 0.278 e. The third-order valence-electron chi connectivity index (χ3n) is 1.80. The van der Waals surface area contributed by atoms with Crippen LogP contribution < -0.4 is 0 Å². The van der Waals surface area contributed by atoms with Gasteiger partial charge in [-0.15, -0.1) is 0 Å². The molecule has 0 fully saturated rings. The van der Waals surface area contributed by atoms with E-state index in [0.29, 0.717) is 10.1 Å². The van der Waals surface area contributed by atoms with Crippen molar-refractivity contribution in [2.75, 3.05) is 0 Å². The second-order valence-corrected chi connectivity index (χ2v) is 4.54. The fourth-order valence-electron chi connectivity index (χ4n) is 1.22. The zero-order chi connectivity index (χ0) is 10.3. The Labute approximate surface area is 91.1 Å². The predicted octanol–water partition coefficient (Wildman–Crippen LogP) is 3.28. The van der Waals surface area contributed by atoms with Gasteiger partial charge in [0.1, 0.15) is 0 Å². The summed E-state index contributed by atoms with van der Waals surface area (Å²) in [5, 5.41) is 20.5. The van der Waals surface area contributed by atoms with E-state index in [1.807, 2.05) is 0 Å². The quantitative estimate of drug-likeness (QED) is 0.641. The number of nitrogens with zero attached hydrogens (tertiary/aromatic N) is 1. The zero-order valence-electron chi connectivity index (χ0n) is 6.73. The molecule has 4 nitrogen and oxygen atoms in total. The number of halogens is 1. The highest BCUT2D eigenvalue weighted by molar-refractivity contribution is 9.10. The molecule has 1 heterocycles. The van der Waals surface area contributed by atoms with E-state index in [9.17, 15) is 15.2 Å². The van der Waals surface area contributed by atoms with Gasteiger partial charge >= 0.3 is 0 Å². The lowest BCUT2D eigenvalue weighted by Gasteiger charge is -1.94. The molecule has 1 aromatic carbocycles. The van der Waals surface area contributed by atoms with E-state index in [2.05, 4.69) is 15.9 Å². The lowest BCUT2D eigenvalue weighted by molar-refractivity contribution is -0.383. The summed E-state index contributed by atoms with van der Waals surface area (Å²) in [7, 11) is 0. The minimum Gasteiger partial charge on any atom is -0.499 e. The molecule has 0 atom stereocenters. The first-order valence-corrected chi connectivity index (χ1v) is 5.26. The first-order chi connectivity index (χ1) is 6.59. The van der Waals surface area contributed by atoms with Crippen molar-refractivity contribution in [3.8, 4) is 5.06 Å². The number of non-ortho nitro benzene ring substituents is 1. The van der Waals surface area contributed by atoms with Crippen LogP contribution in [0.4, 0.5) is 5.69 Å². The Bertz CT molecular complexity index is 523. The van der Waals surface area contributed by atoms with Crippen molar-refractivity contribution >= 4 is 43.0 Å². The molecule has 1 N–H and O–H groups in total. The number of hydrogen-bond acceptors (Lipinski definition) is 4. The van der Waals surface area contributed by atoms with Gasteiger partial charge in [-0.1, -0.05) is 11.3 Å². The third-order valence-corrected chi connectivity index (χ3v) is 3.69. The van der Waals surface area contributed by atoms with Gasteiger partial charge in [-0.3, -0.25) is 10.1 Å². The summed E-state index contributed by atoms with van der Waals surface area (Å²) in [5.74, 6) is 0. The fraction of sp³-hybridized carbons (Fsp3) is 0. The number of thiophene rings is 1. The van der Waals surface area contributed by atoms with Gasteiger partial charge < -0.3 is 5.11 Å². The average molecular weight is 274 g/mol. The maximum Gasteiger partial charge on any atom is 0.278 e. The molecule has 0 aliphatic rings. The number of rotatable bonds is 1. The van der Waals surface area contributed by atoms with Crippen molar-refractivity contribution in [1.82, 2.24) is 0 Å². The number of nitro benzene ring substituents is 1. The normalized spacial score (nSPS) is 10.6. The van der Waals surface area contributed by atoms with E-state index in [1.165, 1.54) is 12.1 Å². The largest absolute Gasteiger partial charge is 0.499 e. The van der Waals surface area contributed by atoms with Gasteiger partial charge in [-0.25, -0.2) is 0 Å². The minimum atomic E-state index is -0.457. The molecule has 2 aromatic rings. The molecule has 0 amide bonds. The number of nitro groups is 1. The molecule has 6 heteroatoms. The van der Waals surface area contributed by atoms with Crippen LogP contribution in [0.2, 0.25) is 0 Å². The van der Waals surface area contributed by atoms with Crippen LogP contribution in [0, 0.1) is 10.1 Å². The van der Waals surface area contributed by atoms with Gasteiger partial charge in [0, 0.05) is 16.6 Å². The van der Waals surface area contributed by atoms with Crippen molar-refractivity contribution < 1.29 is 10.0 Å². The molecule has 1 aromatic heterocycles. The predicted molar refractivity (Wildman–Crippen MR) is 57.8 cm³/mol. The lowest BCUT2D eigenvalue weighted by Crippen LogP contribution is -1.87. The van der Waals surface area contributed by atoms with Crippen LogP contribution in [0.25, 0.3) is 10.1 Å². The van der Waals surface area contributed by atoms with Crippen LogP contribution in [0.15, 0.2) is 22.7 Å². The van der Waals surface area contributed by atoms with Crippen LogP contribution in [-0.2, 0) is 0 Å². The van der Waals surface area contributed by atoms with E-state index in [4.69, 9.17) is 0 Å². The van der Waals surface area contributed by atoms with Crippen LogP contribution >= 0.6 is 27.3 Å². The Balaban J connectivity index is 2.87. The molecule has 0 aliphatic carbocycles. The van der Waals surface area contributed by atoms with Crippen LogP contribution in [-0.4, -0.2) is 10.0 Å². The number of aromatic hydroxyl groups is 1. The summed E-state index contributed by atoms with van der Waals surface area (Å²) in [5.41, 5.74) is 0.0137. The Morgan fingerprint density at radius 1 is 1.50 bits per heavy atom. The maximum absolute atomic E-state index is 10.6. The fourth-order valence-corrected chi connectivity index (χ4v) is 2.64. The van der Waals surface area contributed by atoms with Gasteiger partial charge in [0.05, 0.1) is 15.0 Å². The van der Waals surface area contributed by atoms with Gasteiger partial charge in [-0.05, 0) is 22.0 Å². The SMILES string of the molecule is O=[N+]([O-])c1ccc(Br)c2sc(O)cc12. The molecule has 0 radical (unpaired) electrons. The molecule has 14 heavy (non-hydrogen) atoms. The summed E-state index contributed by atoms with van der Waals surface area (Å²) in [4.78, 5) is 10.2. The van der Waals surface area contributed by atoms with Crippen LogP contribution in [0.1, 0.15) is 0 Å². The molecule has 0 spiro atoms. The van der Waals surface area contributed by atoms with Crippen molar-refractivity contribution in [2.24, 2.45) is 0 Å². The standard InChI is InChI=1S/C8H4BrNO3S/c9-5-1-2-6(10(12)13)4-3-7(11)14-8(4)5/h1-3,11H. The summed E-state index contributed by atoms with van der Waals surface area (Å²) < 4.78 is 1.44. The van der Waals surface area contributed by atoms with Crippen molar-refractivity contribution in [1.29, 1.82) is 0 Å². The van der Waals surface area contributed by atoms with Crippen molar-refractivity contribution in [3.63, 3.8) is 0 Å². The summed E-state index contributed by atoms with van der Waals surface area (Å²) in [6, 6.07) is 4.43.